The molecule has 25 heavy (non-hydrogen) atoms. The highest BCUT2D eigenvalue weighted by molar-refractivity contribution is 6.61. The molecule has 0 saturated heterocycles. The fraction of sp³-hybridized carbons (Fsp3) is 0.118. The smallest absolute Gasteiger partial charge is 0.508 e. The van der Waals surface area contributed by atoms with Crippen molar-refractivity contribution < 1.29 is 19.2 Å². The summed E-state index contributed by atoms with van der Waals surface area (Å²) in [5.74, 6) is 0.983. The van der Waals surface area contributed by atoms with Gasteiger partial charge < -0.3 is 20.1 Å². The fourth-order valence-corrected chi connectivity index (χ4v) is 2.71. The third kappa shape index (κ3) is 3.11. The van der Waals surface area contributed by atoms with E-state index in [4.69, 9.17) is 10.5 Å². The molecule has 0 amide bonds. The fourth-order valence-electron chi connectivity index (χ4n) is 2.71. The maximum absolute atomic E-state index is 10.5. The number of methoxy groups -OCH3 is 1. The summed E-state index contributed by atoms with van der Waals surface area (Å²) in [6, 6.07) is 10.7. The van der Waals surface area contributed by atoms with E-state index >= 15 is 0 Å². The van der Waals surface area contributed by atoms with Gasteiger partial charge in [-0.25, -0.2) is 0 Å². The van der Waals surface area contributed by atoms with Gasteiger partial charge in [-0.2, -0.15) is 5.10 Å². The van der Waals surface area contributed by atoms with Gasteiger partial charge in [0.25, 0.3) is 6.47 Å². The molecule has 0 aliphatic carbocycles. The van der Waals surface area contributed by atoms with Crippen molar-refractivity contribution in [3.05, 3.63) is 42.1 Å². The van der Waals surface area contributed by atoms with Crippen LogP contribution >= 0.6 is 0 Å². The molecule has 0 aliphatic rings. The van der Waals surface area contributed by atoms with Gasteiger partial charge in [-0.05, 0) is 42.2 Å². The lowest BCUT2D eigenvalue weighted by Gasteiger charge is -2.13. The van der Waals surface area contributed by atoms with Gasteiger partial charge in [0.05, 0.1) is 12.8 Å². The summed E-state index contributed by atoms with van der Waals surface area (Å²) in [6.07, 6.45) is 0. The highest BCUT2D eigenvalue weighted by Crippen LogP contribution is 2.32. The second kappa shape index (κ2) is 6.78. The van der Waals surface area contributed by atoms with Crippen molar-refractivity contribution in [1.82, 2.24) is 10.2 Å². The van der Waals surface area contributed by atoms with Crippen molar-refractivity contribution in [3.63, 3.8) is 0 Å². The summed E-state index contributed by atoms with van der Waals surface area (Å²) in [4.78, 5) is 10.5. The maximum atomic E-state index is 10.5. The molecule has 1 heterocycles. The zero-order chi connectivity index (χ0) is 18.0. The van der Waals surface area contributed by atoms with E-state index in [0.29, 0.717) is 17.0 Å². The molecule has 0 aliphatic heterocycles. The Morgan fingerprint density at radius 1 is 1.16 bits per heavy atom. The number of nitrogens with zero attached hydrogens (tertiary/aromatic N) is 2. The number of aryl methyl sites for hydroxylation is 1. The van der Waals surface area contributed by atoms with E-state index in [2.05, 4.69) is 14.9 Å². The molecule has 0 unspecified atom stereocenters. The number of hydrogen-bond acceptors (Lipinski definition) is 7. The minimum Gasteiger partial charge on any atom is -0.508 e. The Morgan fingerprint density at radius 2 is 1.96 bits per heavy atom. The molecule has 1 aromatic heterocycles. The topological polar surface area (TPSA) is 108 Å². The first-order valence-electron chi connectivity index (χ1n) is 7.53. The number of benzene rings is 2. The summed E-state index contributed by atoms with van der Waals surface area (Å²) >= 11 is 0. The summed E-state index contributed by atoms with van der Waals surface area (Å²) < 4.78 is 10.0. The van der Waals surface area contributed by atoms with Crippen molar-refractivity contribution in [1.29, 1.82) is 0 Å². The van der Waals surface area contributed by atoms with Gasteiger partial charge in [0.15, 0.2) is 5.82 Å². The molecule has 3 rings (SSSR count). The van der Waals surface area contributed by atoms with Crippen LogP contribution in [0, 0.1) is 6.92 Å². The van der Waals surface area contributed by atoms with Gasteiger partial charge in [0.1, 0.15) is 5.75 Å². The standard InChI is InChI=1S/C17H16BN3O4/c1-10-14-7-11(3-5-13(14)17(19)21-20-10)15-8-12(18(23)25-9-22)4-6-16(15)24-2/h3-9,23H,1-2H3,(H2,19,21). The number of rotatable bonds is 5. The van der Waals surface area contributed by atoms with Crippen LogP contribution in [-0.4, -0.2) is 35.9 Å². The number of hydrogen-bond donors (Lipinski definition) is 2. The first-order valence-corrected chi connectivity index (χ1v) is 7.53. The van der Waals surface area contributed by atoms with E-state index in [9.17, 15) is 9.82 Å². The number of ether oxygens (including phenoxy) is 1. The number of aromatic nitrogens is 2. The molecule has 126 valence electrons. The Labute approximate surface area is 144 Å². The Kier molecular flexibility index (Phi) is 4.54. The third-order valence-electron chi connectivity index (χ3n) is 4.00. The van der Waals surface area contributed by atoms with Crippen LogP contribution < -0.4 is 15.9 Å². The third-order valence-corrected chi connectivity index (χ3v) is 4.00. The quantitative estimate of drug-likeness (QED) is 0.529. The Bertz CT molecular complexity index is 949. The molecule has 0 spiro atoms. The largest absolute Gasteiger partial charge is 0.561 e. The lowest BCUT2D eigenvalue weighted by Crippen LogP contribution is -2.33. The zero-order valence-electron chi connectivity index (χ0n) is 13.8. The lowest BCUT2D eigenvalue weighted by molar-refractivity contribution is -0.121. The van der Waals surface area contributed by atoms with Gasteiger partial charge in [0, 0.05) is 16.3 Å². The predicted molar refractivity (Wildman–Crippen MR) is 95.4 cm³/mol. The summed E-state index contributed by atoms with van der Waals surface area (Å²) in [5.41, 5.74) is 8.67. The van der Waals surface area contributed by atoms with E-state index in [1.165, 1.54) is 0 Å². The van der Waals surface area contributed by atoms with Crippen LogP contribution in [0.15, 0.2) is 36.4 Å². The predicted octanol–water partition coefficient (Wildman–Crippen LogP) is 1.06. The van der Waals surface area contributed by atoms with Crippen LogP contribution in [0.2, 0.25) is 0 Å². The number of nitrogen functional groups attached to an aromatic ring is 1. The normalized spacial score (nSPS) is 10.5. The zero-order valence-corrected chi connectivity index (χ0v) is 13.8. The minimum absolute atomic E-state index is 0.204. The van der Waals surface area contributed by atoms with Crippen LogP contribution in [0.3, 0.4) is 0 Å². The van der Waals surface area contributed by atoms with Crippen LogP contribution in [0.1, 0.15) is 5.69 Å². The van der Waals surface area contributed by atoms with E-state index in [1.54, 1.807) is 25.3 Å². The molecule has 0 bridgehead atoms. The number of nitrogens with two attached hydrogens (primary N) is 1. The van der Waals surface area contributed by atoms with Crippen LogP contribution in [0.25, 0.3) is 21.9 Å². The van der Waals surface area contributed by atoms with E-state index in [1.807, 2.05) is 25.1 Å². The monoisotopic (exact) mass is 337 g/mol. The summed E-state index contributed by atoms with van der Waals surface area (Å²) in [5, 5.41) is 19.5. The average molecular weight is 337 g/mol. The highest BCUT2D eigenvalue weighted by atomic mass is 16.5. The van der Waals surface area contributed by atoms with Gasteiger partial charge in [-0.1, -0.05) is 12.1 Å². The molecule has 0 atom stereocenters. The molecular weight excluding hydrogens is 321 g/mol. The van der Waals surface area contributed by atoms with Gasteiger partial charge in [0.2, 0.25) is 0 Å². The van der Waals surface area contributed by atoms with Crippen LogP contribution in [0.5, 0.6) is 5.75 Å². The van der Waals surface area contributed by atoms with Crippen molar-refractivity contribution >= 4 is 35.6 Å². The first kappa shape index (κ1) is 16.7. The molecule has 0 radical (unpaired) electrons. The highest BCUT2D eigenvalue weighted by Gasteiger charge is 2.20. The molecule has 3 N–H and O–H groups in total. The van der Waals surface area contributed by atoms with Gasteiger partial charge >= 0.3 is 7.12 Å². The molecular formula is C17H16BN3O4. The van der Waals surface area contributed by atoms with Crippen molar-refractivity contribution in [2.75, 3.05) is 12.8 Å². The number of fused-ring (bicyclic) bond motifs is 1. The van der Waals surface area contributed by atoms with Gasteiger partial charge in [-0.15, -0.1) is 5.10 Å². The van der Waals surface area contributed by atoms with Crippen LogP contribution in [0.4, 0.5) is 5.82 Å². The van der Waals surface area contributed by atoms with Crippen LogP contribution in [-0.2, 0) is 9.45 Å². The minimum atomic E-state index is -1.34. The average Bonchev–Trinajstić information content (AvgIpc) is 2.64. The second-order valence-electron chi connectivity index (χ2n) is 5.48. The van der Waals surface area contributed by atoms with E-state index in [0.717, 1.165) is 27.6 Å². The SMILES string of the molecule is COc1ccc(B(O)OC=O)cc1-c1ccc2c(N)nnc(C)c2c1. The molecule has 0 saturated carbocycles. The maximum Gasteiger partial charge on any atom is 0.561 e. The molecule has 8 heteroatoms. The Hall–Kier alpha value is -3.13. The summed E-state index contributed by atoms with van der Waals surface area (Å²) in [7, 11) is 0.220. The molecule has 7 nitrogen and oxygen atoms in total. The van der Waals surface area contributed by atoms with E-state index < -0.39 is 7.12 Å². The molecule has 3 aromatic rings. The lowest BCUT2D eigenvalue weighted by atomic mass is 9.78. The van der Waals surface area contributed by atoms with Crippen molar-refractivity contribution in [2.45, 2.75) is 6.92 Å². The summed E-state index contributed by atoms with van der Waals surface area (Å²) in [6.45, 7) is 2.06. The molecule has 2 aromatic carbocycles. The molecule has 0 fully saturated rings. The number of anilines is 1. The Morgan fingerprint density at radius 3 is 2.68 bits per heavy atom. The van der Waals surface area contributed by atoms with E-state index in [-0.39, 0.29) is 6.47 Å². The first-order chi connectivity index (χ1) is 12.0. The number of carbonyl (C=O) groups excluding carboxylic acids is 1. The van der Waals surface area contributed by atoms with Gasteiger partial charge in [-0.3, -0.25) is 4.79 Å². The second-order valence-corrected chi connectivity index (χ2v) is 5.48. The number of carbonyl (C=O) groups is 1. The van der Waals surface area contributed by atoms with Crippen molar-refractivity contribution in [2.24, 2.45) is 0 Å². The van der Waals surface area contributed by atoms with Crippen molar-refractivity contribution in [3.8, 4) is 16.9 Å². The Balaban J connectivity index is 2.17.